The molecule has 1 aliphatic rings. The molecule has 1 aliphatic heterocycles. The summed E-state index contributed by atoms with van der Waals surface area (Å²) in [5.41, 5.74) is -0.854. The predicted octanol–water partition coefficient (Wildman–Crippen LogP) is 1.45. The number of sulfone groups is 1. The number of hydrogen-bond donors (Lipinski definition) is 1. The lowest BCUT2D eigenvalue weighted by Crippen LogP contribution is -2.50. The van der Waals surface area contributed by atoms with E-state index in [0.717, 1.165) is 10.4 Å². The van der Waals surface area contributed by atoms with Gasteiger partial charge in [-0.3, -0.25) is 0 Å². The van der Waals surface area contributed by atoms with E-state index in [1.54, 1.807) is 13.8 Å². The van der Waals surface area contributed by atoms with Gasteiger partial charge in [-0.05, 0) is 38.0 Å². The highest BCUT2D eigenvalue weighted by atomic mass is 32.2. The van der Waals surface area contributed by atoms with E-state index in [2.05, 4.69) is 6.58 Å². The minimum Gasteiger partial charge on any atom is -0.478 e. The van der Waals surface area contributed by atoms with Crippen molar-refractivity contribution in [2.24, 2.45) is 0 Å². The van der Waals surface area contributed by atoms with Crippen molar-refractivity contribution in [2.45, 2.75) is 30.7 Å². The Hall–Kier alpha value is -1.71. The minimum absolute atomic E-state index is 0.0644. The van der Waals surface area contributed by atoms with Gasteiger partial charge < -0.3 is 5.11 Å². The summed E-state index contributed by atoms with van der Waals surface area (Å²) >= 11 is 0. The first-order chi connectivity index (χ1) is 11.4. The molecule has 1 saturated heterocycles. The Labute approximate surface area is 147 Å². The zero-order valence-corrected chi connectivity index (χ0v) is 15.7. The average molecular weight is 387 g/mol. The second-order valence-corrected chi connectivity index (χ2v) is 10.5. The van der Waals surface area contributed by atoms with Gasteiger partial charge >= 0.3 is 5.97 Å². The molecule has 0 unspecified atom stereocenters. The fraction of sp³-hybridized carbons (Fsp3) is 0.438. The zero-order chi connectivity index (χ0) is 19.0. The Bertz CT molecular complexity index is 920. The van der Waals surface area contributed by atoms with Crippen molar-refractivity contribution < 1.29 is 26.7 Å². The Morgan fingerprint density at radius 3 is 2.56 bits per heavy atom. The third-order valence-corrected chi connectivity index (χ3v) is 8.44. The van der Waals surface area contributed by atoms with Crippen molar-refractivity contribution in [1.82, 2.24) is 4.31 Å². The zero-order valence-electron chi connectivity index (χ0n) is 14.1. The number of benzene rings is 1. The topological polar surface area (TPSA) is 109 Å². The van der Waals surface area contributed by atoms with Crippen LogP contribution in [0.4, 0.5) is 0 Å². The first-order valence-electron chi connectivity index (χ1n) is 7.61. The van der Waals surface area contributed by atoms with Crippen molar-refractivity contribution in [2.75, 3.05) is 18.1 Å². The Morgan fingerprint density at radius 1 is 1.44 bits per heavy atom. The Morgan fingerprint density at radius 2 is 2.08 bits per heavy atom. The molecule has 25 heavy (non-hydrogen) atoms. The molecule has 7 nitrogen and oxygen atoms in total. The van der Waals surface area contributed by atoms with Gasteiger partial charge in [0.2, 0.25) is 10.0 Å². The maximum Gasteiger partial charge on any atom is 0.335 e. The molecule has 0 radical (unpaired) electrons. The molecule has 0 aliphatic carbocycles. The summed E-state index contributed by atoms with van der Waals surface area (Å²) in [5.74, 6) is -1.59. The predicted molar refractivity (Wildman–Crippen MR) is 93.9 cm³/mol. The Kier molecular flexibility index (Phi) is 5.13. The van der Waals surface area contributed by atoms with Crippen LogP contribution in [0.25, 0.3) is 0 Å². The summed E-state index contributed by atoms with van der Waals surface area (Å²) in [6.45, 7) is 6.66. The standard InChI is InChI=1S/C16H21NO6S2/c1-4-8-17(16(3)7-9-24(20,21)11-16)25(22,23)14-10-13(15(18)19)6-5-12(14)2/h4-6,10H,1,7-9,11H2,2-3H3,(H,18,19)/t16-/m0/s1. The van der Waals surface area contributed by atoms with E-state index in [9.17, 15) is 21.6 Å². The number of hydrogen-bond acceptors (Lipinski definition) is 5. The van der Waals surface area contributed by atoms with Gasteiger partial charge in [0, 0.05) is 12.1 Å². The van der Waals surface area contributed by atoms with Crippen molar-refractivity contribution in [3.8, 4) is 0 Å². The maximum absolute atomic E-state index is 13.2. The smallest absolute Gasteiger partial charge is 0.335 e. The molecule has 0 spiro atoms. The molecular weight excluding hydrogens is 366 g/mol. The first-order valence-corrected chi connectivity index (χ1v) is 10.9. The highest BCUT2D eigenvalue weighted by molar-refractivity contribution is 7.92. The second kappa shape index (κ2) is 6.54. The second-order valence-electron chi connectivity index (χ2n) is 6.45. The van der Waals surface area contributed by atoms with Gasteiger partial charge in [-0.2, -0.15) is 4.31 Å². The van der Waals surface area contributed by atoms with Gasteiger partial charge in [0.25, 0.3) is 0 Å². The number of sulfonamides is 1. The van der Waals surface area contributed by atoms with Crippen molar-refractivity contribution in [1.29, 1.82) is 0 Å². The van der Waals surface area contributed by atoms with Crippen LogP contribution in [0.3, 0.4) is 0 Å². The lowest BCUT2D eigenvalue weighted by atomic mass is 10.0. The summed E-state index contributed by atoms with van der Waals surface area (Å²) in [6, 6.07) is 3.86. The number of nitrogens with zero attached hydrogens (tertiary/aromatic N) is 1. The van der Waals surface area contributed by atoms with Crippen molar-refractivity contribution >= 4 is 25.8 Å². The van der Waals surface area contributed by atoms with Crippen LogP contribution < -0.4 is 0 Å². The van der Waals surface area contributed by atoms with Crippen LogP contribution in [-0.2, 0) is 19.9 Å². The van der Waals surface area contributed by atoms with Gasteiger partial charge in [-0.25, -0.2) is 21.6 Å². The van der Waals surface area contributed by atoms with Crippen LogP contribution in [0.15, 0.2) is 35.7 Å². The molecule has 1 atom stereocenters. The number of carboxylic acid groups (broad SMARTS) is 1. The van der Waals surface area contributed by atoms with Crippen LogP contribution in [0.2, 0.25) is 0 Å². The number of aryl methyl sites for hydroxylation is 1. The lowest BCUT2D eigenvalue weighted by Gasteiger charge is -2.36. The molecule has 9 heteroatoms. The quantitative estimate of drug-likeness (QED) is 0.740. The number of aromatic carboxylic acids is 1. The molecule has 2 rings (SSSR count). The maximum atomic E-state index is 13.2. The van der Waals surface area contributed by atoms with Gasteiger partial charge in [-0.1, -0.05) is 12.1 Å². The highest BCUT2D eigenvalue weighted by Gasteiger charge is 2.47. The van der Waals surface area contributed by atoms with E-state index in [1.807, 2.05) is 0 Å². The normalized spacial score (nSPS) is 22.8. The summed E-state index contributed by atoms with van der Waals surface area (Å²) < 4.78 is 51.3. The van der Waals surface area contributed by atoms with Crippen LogP contribution >= 0.6 is 0 Å². The van der Waals surface area contributed by atoms with Gasteiger partial charge in [0.1, 0.15) is 0 Å². The monoisotopic (exact) mass is 387 g/mol. The van der Waals surface area contributed by atoms with Gasteiger partial charge in [0.15, 0.2) is 9.84 Å². The molecule has 1 aromatic rings. The third-order valence-electron chi connectivity index (χ3n) is 4.38. The van der Waals surface area contributed by atoms with E-state index in [1.165, 1.54) is 18.2 Å². The molecule has 0 amide bonds. The van der Waals surface area contributed by atoms with E-state index >= 15 is 0 Å². The van der Waals surface area contributed by atoms with Gasteiger partial charge in [-0.15, -0.1) is 6.58 Å². The molecule has 138 valence electrons. The third kappa shape index (κ3) is 3.78. The van der Waals surface area contributed by atoms with Crippen molar-refractivity contribution in [3.63, 3.8) is 0 Å². The minimum atomic E-state index is -4.11. The summed E-state index contributed by atoms with van der Waals surface area (Å²) in [5, 5.41) is 9.13. The van der Waals surface area contributed by atoms with Crippen molar-refractivity contribution in [3.05, 3.63) is 42.0 Å². The van der Waals surface area contributed by atoms with E-state index in [4.69, 9.17) is 5.11 Å². The van der Waals surface area contributed by atoms with Crippen LogP contribution in [0, 0.1) is 6.92 Å². The van der Waals surface area contributed by atoms with E-state index < -0.39 is 31.4 Å². The van der Waals surface area contributed by atoms with E-state index in [0.29, 0.717) is 5.56 Å². The van der Waals surface area contributed by atoms with Crippen LogP contribution in [-0.4, -0.2) is 55.8 Å². The SMILES string of the molecule is C=CCN([C@@]1(C)CCS(=O)(=O)C1)S(=O)(=O)c1cc(C(=O)O)ccc1C. The molecule has 1 N–H and O–H groups in total. The van der Waals surface area contributed by atoms with Gasteiger partial charge in [0.05, 0.1) is 22.0 Å². The van der Waals surface area contributed by atoms with Crippen LogP contribution in [0.1, 0.15) is 29.3 Å². The van der Waals surface area contributed by atoms with E-state index in [-0.39, 0.29) is 34.9 Å². The summed E-state index contributed by atoms with van der Waals surface area (Å²) in [6.07, 6.45) is 1.57. The molecule has 0 saturated carbocycles. The number of carbonyl (C=O) groups is 1. The molecule has 1 fully saturated rings. The summed E-state index contributed by atoms with van der Waals surface area (Å²) in [4.78, 5) is 11.0. The molecule has 1 heterocycles. The molecular formula is C16H21NO6S2. The summed E-state index contributed by atoms with van der Waals surface area (Å²) in [7, 11) is -7.43. The molecule has 0 aromatic heterocycles. The fourth-order valence-corrected chi connectivity index (χ4v) is 7.30. The molecule has 1 aromatic carbocycles. The van der Waals surface area contributed by atoms with Crippen LogP contribution in [0.5, 0.6) is 0 Å². The fourth-order valence-electron chi connectivity index (χ4n) is 3.05. The number of carboxylic acids is 1. The Balaban J connectivity index is 2.60. The largest absolute Gasteiger partial charge is 0.478 e. The highest BCUT2D eigenvalue weighted by Crippen LogP contribution is 2.35. The molecule has 0 bridgehead atoms. The lowest BCUT2D eigenvalue weighted by molar-refractivity contribution is 0.0696. The first kappa shape index (κ1) is 19.6. The number of rotatable bonds is 6. The average Bonchev–Trinajstić information content (AvgIpc) is 2.78.